The molecule has 0 aliphatic rings. The highest BCUT2D eigenvalue weighted by atomic mass is 35.5. The van der Waals surface area contributed by atoms with Gasteiger partial charge in [0.05, 0.1) is 17.1 Å². The first-order valence-electron chi connectivity index (χ1n) is 5.74. The molecule has 2 aromatic heterocycles. The van der Waals surface area contributed by atoms with Gasteiger partial charge < -0.3 is 11.1 Å². The van der Waals surface area contributed by atoms with E-state index < -0.39 is 5.91 Å². The Balaban J connectivity index is 2.38. The van der Waals surface area contributed by atoms with Crippen molar-refractivity contribution in [3.05, 3.63) is 33.3 Å². The van der Waals surface area contributed by atoms with Crippen molar-refractivity contribution in [2.75, 3.05) is 11.1 Å². The predicted octanol–water partition coefficient (Wildman–Crippen LogP) is 2.57. The molecule has 0 bridgehead atoms. The molecular weight excluding hydrogens is 301 g/mol. The topological polar surface area (TPSA) is 85.8 Å². The molecule has 0 atom stereocenters. The van der Waals surface area contributed by atoms with Crippen molar-refractivity contribution in [3.63, 3.8) is 0 Å². The summed E-state index contributed by atoms with van der Waals surface area (Å²) in [5.41, 5.74) is 8.15. The molecule has 8 heteroatoms. The van der Waals surface area contributed by atoms with E-state index in [1.165, 1.54) is 4.68 Å². The van der Waals surface area contributed by atoms with Crippen molar-refractivity contribution < 1.29 is 4.79 Å². The van der Waals surface area contributed by atoms with Gasteiger partial charge in [-0.15, -0.1) is 0 Å². The molecule has 6 nitrogen and oxygen atoms in total. The van der Waals surface area contributed by atoms with Crippen LogP contribution in [0.15, 0.2) is 6.07 Å². The number of hydrogen-bond acceptors (Lipinski definition) is 4. The van der Waals surface area contributed by atoms with E-state index in [0.29, 0.717) is 22.6 Å². The molecule has 0 unspecified atom stereocenters. The van der Waals surface area contributed by atoms with Gasteiger partial charge >= 0.3 is 0 Å². The van der Waals surface area contributed by atoms with Gasteiger partial charge in [0.2, 0.25) is 0 Å². The van der Waals surface area contributed by atoms with Crippen molar-refractivity contribution >= 4 is 40.5 Å². The first-order valence-corrected chi connectivity index (χ1v) is 6.50. The quantitative estimate of drug-likeness (QED) is 0.834. The van der Waals surface area contributed by atoms with Gasteiger partial charge in [-0.05, 0) is 25.5 Å². The Morgan fingerprint density at radius 1 is 1.40 bits per heavy atom. The van der Waals surface area contributed by atoms with Crippen LogP contribution in [0.5, 0.6) is 0 Å². The van der Waals surface area contributed by atoms with Crippen molar-refractivity contribution in [3.8, 4) is 0 Å². The molecule has 3 N–H and O–H groups in total. The van der Waals surface area contributed by atoms with E-state index >= 15 is 0 Å². The lowest BCUT2D eigenvalue weighted by molar-refractivity contribution is 0.101. The lowest BCUT2D eigenvalue weighted by atomic mass is 10.2. The van der Waals surface area contributed by atoms with E-state index in [9.17, 15) is 4.79 Å². The molecule has 2 heterocycles. The molecule has 106 valence electrons. The second kappa shape index (κ2) is 5.30. The van der Waals surface area contributed by atoms with Crippen molar-refractivity contribution in [1.82, 2.24) is 14.8 Å². The van der Waals surface area contributed by atoms with Crippen LogP contribution in [0.3, 0.4) is 0 Å². The fourth-order valence-electron chi connectivity index (χ4n) is 1.86. The maximum absolute atomic E-state index is 12.3. The van der Waals surface area contributed by atoms with Gasteiger partial charge in [0, 0.05) is 7.05 Å². The third-order valence-electron chi connectivity index (χ3n) is 2.86. The summed E-state index contributed by atoms with van der Waals surface area (Å²) in [5.74, 6) is -0.403. The lowest BCUT2D eigenvalue weighted by Gasteiger charge is -2.10. The summed E-state index contributed by atoms with van der Waals surface area (Å²) in [6.45, 7) is 3.50. The van der Waals surface area contributed by atoms with Gasteiger partial charge in [-0.25, -0.2) is 4.98 Å². The zero-order valence-electron chi connectivity index (χ0n) is 11.2. The van der Waals surface area contributed by atoms with Crippen LogP contribution in [0.1, 0.15) is 21.7 Å². The number of aryl methyl sites for hydroxylation is 3. The number of amides is 1. The molecule has 20 heavy (non-hydrogen) atoms. The molecule has 2 rings (SSSR count). The monoisotopic (exact) mass is 313 g/mol. The average Bonchev–Trinajstić information content (AvgIpc) is 2.58. The van der Waals surface area contributed by atoms with Crippen LogP contribution in [0.25, 0.3) is 0 Å². The number of rotatable bonds is 2. The molecule has 0 aromatic carbocycles. The maximum Gasteiger partial charge on any atom is 0.276 e. The summed E-state index contributed by atoms with van der Waals surface area (Å²) in [6, 6.07) is 1.61. The molecule has 0 saturated carbocycles. The highest BCUT2D eigenvalue weighted by Gasteiger charge is 2.20. The molecule has 0 fully saturated rings. The van der Waals surface area contributed by atoms with Gasteiger partial charge in [-0.1, -0.05) is 23.2 Å². The third-order valence-corrected chi connectivity index (χ3v) is 3.33. The van der Waals surface area contributed by atoms with E-state index in [2.05, 4.69) is 15.4 Å². The number of nitrogens with zero attached hydrogens (tertiary/aromatic N) is 3. The molecule has 2 aromatic rings. The SMILES string of the molecule is Cc1cc(Cl)nc(Cl)c1NC(=O)c1c(N)c(C)nn1C. The Hall–Kier alpha value is -1.79. The van der Waals surface area contributed by atoms with Gasteiger partial charge in [0.1, 0.15) is 10.8 Å². The van der Waals surface area contributed by atoms with E-state index in [-0.39, 0.29) is 16.0 Å². The van der Waals surface area contributed by atoms with E-state index in [1.807, 2.05) is 0 Å². The lowest BCUT2D eigenvalue weighted by Crippen LogP contribution is -2.18. The fraction of sp³-hybridized carbons (Fsp3) is 0.250. The van der Waals surface area contributed by atoms with Gasteiger partial charge in [0.15, 0.2) is 5.15 Å². The summed E-state index contributed by atoms with van der Waals surface area (Å²) in [4.78, 5) is 16.2. The normalized spacial score (nSPS) is 10.7. The summed E-state index contributed by atoms with van der Waals surface area (Å²) >= 11 is 11.8. The van der Waals surface area contributed by atoms with Crippen LogP contribution in [0.4, 0.5) is 11.4 Å². The number of pyridine rings is 1. The van der Waals surface area contributed by atoms with Crippen LogP contribution in [-0.4, -0.2) is 20.7 Å². The molecule has 1 amide bonds. The number of hydrogen-bond donors (Lipinski definition) is 2. The standard InChI is InChI=1S/C12H13Cl2N5O/c1-5-4-7(13)16-11(14)9(5)17-12(20)10-8(15)6(2)18-19(10)3/h4H,15H2,1-3H3,(H,17,20). The number of carbonyl (C=O) groups excluding carboxylic acids is 1. The zero-order valence-corrected chi connectivity index (χ0v) is 12.7. The molecular formula is C12H13Cl2N5O. The highest BCUT2D eigenvalue weighted by Crippen LogP contribution is 2.27. The Morgan fingerprint density at radius 3 is 2.55 bits per heavy atom. The fourth-order valence-corrected chi connectivity index (χ4v) is 2.44. The smallest absolute Gasteiger partial charge is 0.276 e. The van der Waals surface area contributed by atoms with Gasteiger partial charge in [-0.3, -0.25) is 9.48 Å². The second-order valence-electron chi connectivity index (χ2n) is 4.35. The summed E-state index contributed by atoms with van der Waals surface area (Å²) in [5, 5.41) is 7.17. The average molecular weight is 314 g/mol. The molecule has 0 aliphatic heterocycles. The van der Waals surface area contributed by atoms with Crippen LogP contribution < -0.4 is 11.1 Å². The Labute approximate surface area is 125 Å². The minimum absolute atomic E-state index is 0.126. The zero-order chi connectivity index (χ0) is 15.0. The van der Waals surface area contributed by atoms with Gasteiger partial charge in [0.25, 0.3) is 5.91 Å². The minimum atomic E-state index is -0.403. The Bertz CT molecular complexity index is 672. The Kier molecular flexibility index (Phi) is 3.87. The number of nitrogens with one attached hydrogen (secondary N) is 1. The predicted molar refractivity (Wildman–Crippen MR) is 79.3 cm³/mol. The third kappa shape index (κ3) is 2.57. The van der Waals surface area contributed by atoms with Crippen molar-refractivity contribution in [1.29, 1.82) is 0 Å². The first kappa shape index (κ1) is 14.6. The number of aromatic nitrogens is 3. The molecule has 0 spiro atoms. The number of anilines is 2. The van der Waals surface area contributed by atoms with Crippen LogP contribution in [-0.2, 0) is 7.05 Å². The largest absolute Gasteiger partial charge is 0.395 e. The molecule has 0 aliphatic carbocycles. The highest BCUT2D eigenvalue weighted by molar-refractivity contribution is 6.35. The Morgan fingerprint density at radius 2 is 2.05 bits per heavy atom. The van der Waals surface area contributed by atoms with E-state index in [0.717, 1.165) is 0 Å². The maximum atomic E-state index is 12.3. The summed E-state index contributed by atoms with van der Waals surface area (Å²) in [6.07, 6.45) is 0. The summed E-state index contributed by atoms with van der Waals surface area (Å²) in [7, 11) is 1.65. The second-order valence-corrected chi connectivity index (χ2v) is 5.10. The van der Waals surface area contributed by atoms with Crippen LogP contribution in [0.2, 0.25) is 10.3 Å². The summed E-state index contributed by atoms with van der Waals surface area (Å²) < 4.78 is 1.42. The molecule has 0 radical (unpaired) electrons. The van der Waals surface area contributed by atoms with Crippen LogP contribution in [0, 0.1) is 13.8 Å². The van der Waals surface area contributed by atoms with E-state index in [1.54, 1.807) is 27.0 Å². The van der Waals surface area contributed by atoms with Gasteiger partial charge in [-0.2, -0.15) is 5.10 Å². The number of halogens is 2. The molecule has 0 saturated heterocycles. The first-order chi connectivity index (χ1) is 9.31. The van der Waals surface area contributed by atoms with Crippen LogP contribution >= 0.6 is 23.2 Å². The number of nitrogens with two attached hydrogens (primary N) is 1. The van der Waals surface area contributed by atoms with E-state index in [4.69, 9.17) is 28.9 Å². The van der Waals surface area contributed by atoms with Crippen molar-refractivity contribution in [2.45, 2.75) is 13.8 Å². The number of carbonyl (C=O) groups is 1. The minimum Gasteiger partial charge on any atom is -0.395 e. The van der Waals surface area contributed by atoms with Crippen molar-refractivity contribution in [2.24, 2.45) is 7.05 Å². The number of nitrogen functional groups attached to an aromatic ring is 1.